The Labute approximate surface area is 463 Å². The first-order valence-electron chi connectivity index (χ1n) is 22.1. The summed E-state index contributed by atoms with van der Waals surface area (Å²) in [6.45, 7) is 0. The van der Waals surface area contributed by atoms with Gasteiger partial charge in [0.1, 0.15) is 0 Å². The summed E-state index contributed by atoms with van der Waals surface area (Å²) in [7, 11) is -2.43. The van der Waals surface area contributed by atoms with Crippen molar-refractivity contribution in [1.29, 1.82) is 0 Å². The van der Waals surface area contributed by atoms with Gasteiger partial charge < -0.3 is 31.0 Å². The molecule has 0 saturated carbocycles. The van der Waals surface area contributed by atoms with E-state index >= 15 is 0 Å². The van der Waals surface area contributed by atoms with Crippen molar-refractivity contribution in [1.82, 2.24) is 19.9 Å². The topological polar surface area (TPSA) is 230 Å². The van der Waals surface area contributed by atoms with Crippen molar-refractivity contribution < 1.29 is 90.2 Å². The van der Waals surface area contributed by atoms with Gasteiger partial charge in [-0.25, -0.2) is 9.97 Å². The molecule has 0 atom stereocenters. The van der Waals surface area contributed by atoms with E-state index in [1.807, 2.05) is 145 Å². The van der Waals surface area contributed by atoms with Crippen LogP contribution in [-0.4, -0.2) is 134 Å². The van der Waals surface area contributed by atoms with Gasteiger partial charge in [0.05, 0.1) is 5.69 Å². The molecule has 7 heterocycles. The maximum absolute atomic E-state index is 12.0. The van der Waals surface area contributed by atoms with E-state index < -0.39 is 62.8 Å². The zero-order valence-corrected chi connectivity index (χ0v) is 47.1. The average molecular weight is 1210 g/mol. The molecule has 7 rings (SSSR count). The first kappa shape index (κ1) is 68.6. The monoisotopic (exact) mass is 1210 g/mol. The number of nitrogens with one attached hydrogen (secondary N) is 2. The summed E-state index contributed by atoms with van der Waals surface area (Å²) < 4.78 is 177. The molecule has 0 aromatic carbocycles. The van der Waals surface area contributed by atoms with Gasteiger partial charge in [0.15, 0.2) is 24.8 Å². The average Bonchev–Trinajstić information content (AvgIpc) is 3.42. The predicted octanol–water partition coefficient (Wildman–Crippen LogP) is 6.19. The predicted molar refractivity (Wildman–Crippen MR) is 278 cm³/mol. The molecule has 0 fully saturated rings. The minimum absolute atomic E-state index is 0.468. The Hall–Kier alpha value is -7.48. The summed E-state index contributed by atoms with van der Waals surface area (Å²) in [5, 5.41) is 0. The summed E-state index contributed by atoms with van der Waals surface area (Å²) in [5.74, 6) is 0. The second-order valence-electron chi connectivity index (χ2n) is 15.6. The number of hydrogen-bond acceptors (Lipinski definition) is 18. The van der Waals surface area contributed by atoms with Gasteiger partial charge in [-0.2, -0.15) is 64.8 Å². The number of alkyl halides is 9. The number of H-pyrrole nitrogens is 2. The third kappa shape index (κ3) is 24.3. The molecular weight excluding hydrogens is 1160 g/mol. The van der Waals surface area contributed by atoms with Gasteiger partial charge in [-0.1, -0.05) is 0 Å². The molecule has 7 aromatic heterocycles. The molecule has 21 nitrogen and oxygen atoms in total. The van der Waals surface area contributed by atoms with Crippen molar-refractivity contribution >= 4 is 86.1 Å². The van der Waals surface area contributed by atoms with Gasteiger partial charge in [0.25, 0.3) is 0 Å². The Bertz CT molecular complexity index is 2940. The number of rotatable bonds is 13. The number of hydrogen-bond donors (Lipinski definition) is 0. The third-order valence-corrected chi connectivity index (χ3v) is 14.0. The van der Waals surface area contributed by atoms with E-state index in [0.717, 1.165) is 35.1 Å². The largest absolute Gasteiger partial charge is 0.700 e. The molecular formula is C46H54AlF9N12O9S3+3. The van der Waals surface area contributed by atoms with Crippen molar-refractivity contribution in [3.63, 3.8) is 0 Å². The van der Waals surface area contributed by atoms with Gasteiger partial charge in [-0.3, -0.25) is 19.9 Å². The molecule has 0 bridgehead atoms. The van der Waals surface area contributed by atoms with E-state index in [0.29, 0.717) is 10.4 Å². The van der Waals surface area contributed by atoms with Crippen LogP contribution in [0.5, 0.6) is 0 Å². The zero-order valence-electron chi connectivity index (χ0n) is 43.5. The molecule has 1 radical (unpaired) electrons. The molecule has 433 valence electrons. The fraction of sp³-hybridized carbons (Fsp3) is 0.239. The quantitative estimate of drug-likeness (QED) is 0.0542. The molecule has 0 aliphatic carbocycles. The van der Waals surface area contributed by atoms with Crippen molar-refractivity contribution in [2.24, 2.45) is 0 Å². The Balaban J connectivity index is 0.000000333. The minimum atomic E-state index is -6.19. The fourth-order valence-electron chi connectivity index (χ4n) is 5.06. The summed E-state index contributed by atoms with van der Waals surface area (Å²) in [4.78, 5) is 31.8. The van der Waals surface area contributed by atoms with Crippen molar-refractivity contribution in [2.45, 2.75) is 16.5 Å². The zero-order chi connectivity index (χ0) is 60.4. The van der Waals surface area contributed by atoms with Crippen LogP contribution >= 0.6 is 0 Å². The van der Waals surface area contributed by atoms with Crippen LogP contribution in [0.15, 0.2) is 172 Å². The summed E-state index contributed by atoms with van der Waals surface area (Å²) in [6.07, 6.45) is 24.1. The summed E-state index contributed by atoms with van der Waals surface area (Å²) in [5.41, 5.74) is -9.61. The van der Waals surface area contributed by atoms with E-state index in [4.69, 9.17) is 0 Å². The maximum Gasteiger partial charge on any atom is 0.700 e. The minimum Gasteiger partial charge on any atom is -0.378 e. The smallest absolute Gasteiger partial charge is 0.378 e. The lowest BCUT2D eigenvalue weighted by molar-refractivity contribution is -0.857. The van der Waals surface area contributed by atoms with E-state index in [1.54, 1.807) is 68.6 Å². The van der Waals surface area contributed by atoms with Crippen LogP contribution in [0.1, 0.15) is 0 Å². The molecule has 7 aromatic rings. The van der Waals surface area contributed by atoms with E-state index in [2.05, 4.69) is 55.4 Å². The van der Waals surface area contributed by atoms with Crippen molar-refractivity contribution in [3.8, 4) is 0 Å². The van der Waals surface area contributed by atoms with Crippen LogP contribution < -0.4 is 43.5 Å². The second kappa shape index (κ2) is 31.9. The summed E-state index contributed by atoms with van der Waals surface area (Å²) >= 11 is -3.05. The molecule has 34 heteroatoms. The van der Waals surface area contributed by atoms with Crippen LogP contribution in [0.3, 0.4) is 0 Å². The molecule has 0 amide bonds. The fourth-order valence-corrected chi connectivity index (χ4v) is 7.59. The molecule has 0 unspecified atom stereocenters. The van der Waals surface area contributed by atoms with Crippen LogP contribution in [0, 0.1) is 0 Å². The number of aromatic amines is 2. The van der Waals surface area contributed by atoms with Crippen molar-refractivity contribution in [2.75, 3.05) is 80.9 Å². The van der Waals surface area contributed by atoms with Crippen LogP contribution in [0.2, 0.25) is 0 Å². The molecule has 0 saturated heterocycles. The highest BCUT2D eigenvalue weighted by molar-refractivity contribution is 7.89. The molecule has 80 heavy (non-hydrogen) atoms. The lowest BCUT2D eigenvalue weighted by Crippen LogP contribution is -2.49. The second-order valence-corrected chi connectivity index (χ2v) is 21.6. The number of pyridine rings is 7. The van der Waals surface area contributed by atoms with Gasteiger partial charge in [-0.05, 0) is 48.5 Å². The summed E-state index contributed by atoms with van der Waals surface area (Å²) in [6, 6.07) is 26.7. The van der Waals surface area contributed by atoms with E-state index in [9.17, 15) is 64.8 Å². The first-order valence-corrected chi connectivity index (χ1v) is 27.2. The van der Waals surface area contributed by atoms with Crippen LogP contribution in [0.25, 0.3) is 0 Å². The SMILES string of the molecule is CN(C)c1cc[n+](OS(=O)(=O)C(F)(F)F)cc1.CN(C)c1cc[nH+]cc1.CN(C)c1ccncc1.CN(c1ccncc1)c1cc[nH+]cc1.CN(c1ccncc1)c1ccncc1.O=S(=O)([O][Al][O]S(=O)(=O)C(F)(F)F)C(F)(F)F. The first-order chi connectivity index (χ1) is 37.2. The Morgan fingerprint density at radius 1 is 0.388 bits per heavy atom. The number of aromatic nitrogens is 7. The van der Waals surface area contributed by atoms with Crippen LogP contribution in [-0.2, 0) is 36.8 Å². The van der Waals surface area contributed by atoms with Gasteiger partial charge in [-0.15, -0.1) is 4.28 Å². The van der Waals surface area contributed by atoms with Crippen LogP contribution in [0.4, 0.5) is 79.3 Å². The van der Waals surface area contributed by atoms with Crippen molar-refractivity contribution in [3.05, 3.63) is 172 Å². The Morgan fingerprint density at radius 3 is 0.875 bits per heavy atom. The number of halogens is 9. The Morgan fingerprint density at radius 2 is 0.625 bits per heavy atom. The van der Waals surface area contributed by atoms with E-state index in [1.165, 1.54) is 23.5 Å². The normalized spacial score (nSPS) is 11.2. The third-order valence-electron chi connectivity index (χ3n) is 9.30. The van der Waals surface area contributed by atoms with Gasteiger partial charge >= 0.3 is 62.8 Å². The highest BCUT2D eigenvalue weighted by Crippen LogP contribution is 2.27. The number of anilines is 7. The van der Waals surface area contributed by atoms with E-state index in [-0.39, 0.29) is 0 Å². The molecule has 0 spiro atoms. The lowest BCUT2D eigenvalue weighted by Gasteiger charge is -2.18. The molecule has 0 aliphatic rings. The molecule has 0 aliphatic heterocycles. The lowest BCUT2D eigenvalue weighted by atomic mass is 10.3. The maximum atomic E-state index is 12.0. The highest BCUT2D eigenvalue weighted by atomic mass is 32.2. The highest BCUT2D eigenvalue weighted by Gasteiger charge is 2.52. The number of nitrogens with zero attached hydrogens (tertiary/aromatic N) is 10. The Kier molecular flexibility index (Phi) is 27.4. The standard InChI is InChI=1S/2C11H11N3.C8H10F3N2O3S.2C7H10N2.2CHF3O3S.Al/c2*1-14(10-2-6-12-7-3-10)11-4-8-13-9-5-11;1-12(2)7-3-5-13(6-4-7)16-17(14,15)8(9,10)11;2*1-9(2)7-3-5-8-6-4-7;2*2-1(3,4)8(5,6)7;/h2*2-9H,1H3;3-6H,1-2H3;2*3-6H,1-2H3;2*(H,5,6,7);/q;;+1;;;;;+2. The molecule has 2 N–H and O–H groups in total. The van der Waals surface area contributed by atoms with Gasteiger partial charge in [0, 0.05) is 181 Å². The van der Waals surface area contributed by atoms with Gasteiger partial charge in [0.2, 0.25) is 12.4 Å².